The number of carbonyl (C=O) groups excluding carboxylic acids is 1. The Morgan fingerprint density at radius 3 is 2.60 bits per heavy atom. The molecule has 1 saturated heterocycles. The summed E-state index contributed by atoms with van der Waals surface area (Å²) in [6.07, 6.45) is 1.70. The normalized spacial score (nSPS) is 17.1. The van der Waals surface area contributed by atoms with Gasteiger partial charge in [-0.05, 0) is 24.5 Å². The molecule has 20 heavy (non-hydrogen) atoms. The van der Waals surface area contributed by atoms with E-state index < -0.39 is 0 Å². The van der Waals surface area contributed by atoms with Crippen molar-refractivity contribution in [3.8, 4) is 0 Å². The van der Waals surface area contributed by atoms with E-state index in [2.05, 4.69) is 5.32 Å². The summed E-state index contributed by atoms with van der Waals surface area (Å²) in [5.41, 5.74) is 6.27. The molecule has 0 aromatic heterocycles. The maximum absolute atomic E-state index is 11.4. The van der Waals surface area contributed by atoms with Crippen LogP contribution in [0.5, 0.6) is 0 Å². The number of halogens is 2. The second kappa shape index (κ2) is 7.84. The van der Waals surface area contributed by atoms with E-state index in [1.807, 2.05) is 24.3 Å². The Morgan fingerprint density at radius 1 is 1.35 bits per heavy atom. The van der Waals surface area contributed by atoms with E-state index in [4.69, 9.17) is 22.1 Å². The van der Waals surface area contributed by atoms with Crippen molar-refractivity contribution < 1.29 is 9.53 Å². The molecular formula is C14H20Cl2N2O2. The molecule has 1 amide bonds. The first-order valence-corrected chi connectivity index (χ1v) is 6.85. The zero-order valence-corrected chi connectivity index (χ0v) is 12.8. The monoisotopic (exact) mass is 318 g/mol. The minimum atomic E-state index is -0.151. The lowest BCUT2D eigenvalue weighted by Crippen LogP contribution is -2.46. The Bertz CT molecular complexity index is 449. The van der Waals surface area contributed by atoms with E-state index in [1.54, 1.807) is 0 Å². The number of benzene rings is 1. The third-order valence-corrected chi connectivity index (χ3v) is 4.03. The van der Waals surface area contributed by atoms with Gasteiger partial charge in [-0.2, -0.15) is 0 Å². The molecule has 0 atom stereocenters. The molecule has 1 fully saturated rings. The molecule has 2 rings (SSSR count). The third kappa shape index (κ3) is 3.85. The molecule has 0 saturated carbocycles. The van der Waals surface area contributed by atoms with Crippen LogP contribution < -0.4 is 11.1 Å². The average Bonchev–Trinajstić information content (AvgIpc) is 2.46. The molecule has 1 aliphatic rings. The fourth-order valence-electron chi connectivity index (χ4n) is 2.53. The number of carbonyl (C=O) groups is 1. The zero-order chi connectivity index (χ0) is 13.7. The van der Waals surface area contributed by atoms with Crippen LogP contribution in [0, 0.1) is 0 Å². The Kier molecular flexibility index (Phi) is 6.76. The van der Waals surface area contributed by atoms with Crippen molar-refractivity contribution in [2.75, 3.05) is 26.3 Å². The van der Waals surface area contributed by atoms with Gasteiger partial charge in [0.2, 0.25) is 5.91 Å². The average molecular weight is 319 g/mol. The molecule has 3 N–H and O–H groups in total. The highest BCUT2D eigenvalue weighted by molar-refractivity contribution is 6.31. The highest BCUT2D eigenvalue weighted by atomic mass is 35.5. The molecule has 112 valence electrons. The van der Waals surface area contributed by atoms with Crippen molar-refractivity contribution in [2.45, 2.75) is 18.3 Å². The van der Waals surface area contributed by atoms with Gasteiger partial charge in [0.1, 0.15) is 0 Å². The van der Waals surface area contributed by atoms with E-state index in [1.165, 1.54) is 0 Å². The summed E-state index contributed by atoms with van der Waals surface area (Å²) in [6.45, 7) is 1.93. The molecule has 1 aromatic carbocycles. The van der Waals surface area contributed by atoms with Crippen LogP contribution in [0.4, 0.5) is 0 Å². The lowest BCUT2D eigenvalue weighted by molar-refractivity contribution is -0.120. The molecule has 1 aliphatic heterocycles. The number of hydrogen-bond acceptors (Lipinski definition) is 3. The van der Waals surface area contributed by atoms with Gasteiger partial charge in [0.25, 0.3) is 0 Å². The van der Waals surface area contributed by atoms with Crippen molar-refractivity contribution in [1.29, 1.82) is 0 Å². The topological polar surface area (TPSA) is 64.4 Å². The van der Waals surface area contributed by atoms with Gasteiger partial charge in [-0.15, -0.1) is 12.4 Å². The van der Waals surface area contributed by atoms with Crippen LogP contribution in [0.3, 0.4) is 0 Å². The largest absolute Gasteiger partial charge is 0.381 e. The molecule has 1 aromatic rings. The van der Waals surface area contributed by atoms with Gasteiger partial charge < -0.3 is 15.8 Å². The summed E-state index contributed by atoms with van der Waals surface area (Å²) in [5, 5.41) is 3.63. The van der Waals surface area contributed by atoms with Crippen molar-refractivity contribution >= 4 is 29.9 Å². The van der Waals surface area contributed by atoms with Gasteiger partial charge in [0.05, 0.1) is 6.54 Å². The minimum Gasteiger partial charge on any atom is -0.381 e. The molecular weight excluding hydrogens is 299 g/mol. The van der Waals surface area contributed by atoms with Crippen molar-refractivity contribution in [2.24, 2.45) is 5.73 Å². The highest BCUT2D eigenvalue weighted by Crippen LogP contribution is 2.38. The number of hydrogen-bond donors (Lipinski definition) is 2. The van der Waals surface area contributed by atoms with E-state index in [0.29, 0.717) is 19.8 Å². The fraction of sp³-hybridized carbons (Fsp3) is 0.500. The molecule has 1 heterocycles. The van der Waals surface area contributed by atoms with Gasteiger partial charge in [-0.25, -0.2) is 0 Å². The Morgan fingerprint density at radius 2 is 2.00 bits per heavy atom. The van der Waals surface area contributed by atoms with Crippen LogP contribution in [0.15, 0.2) is 24.3 Å². The highest BCUT2D eigenvalue weighted by Gasteiger charge is 2.36. The Labute approximate surface area is 130 Å². The first-order valence-electron chi connectivity index (χ1n) is 6.47. The predicted molar refractivity (Wildman–Crippen MR) is 82.5 cm³/mol. The molecule has 6 heteroatoms. The smallest absolute Gasteiger partial charge is 0.233 e. The third-order valence-electron chi connectivity index (χ3n) is 3.70. The van der Waals surface area contributed by atoms with Crippen molar-refractivity contribution in [1.82, 2.24) is 5.32 Å². The summed E-state index contributed by atoms with van der Waals surface area (Å²) < 4.78 is 5.44. The molecule has 0 unspecified atom stereocenters. The minimum absolute atomic E-state index is 0. The van der Waals surface area contributed by atoms with Gasteiger partial charge in [-0.1, -0.05) is 29.8 Å². The van der Waals surface area contributed by atoms with Crippen molar-refractivity contribution in [3.63, 3.8) is 0 Å². The van der Waals surface area contributed by atoms with Crippen LogP contribution in [0.1, 0.15) is 18.4 Å². The summed E-state index contributed by atoms with van der Waals surface area (Å²) in [6, 6.07) is 7.81. The van der Waals surface area contributed by atoms with E-state index in [-0.39, 0.29) is 30.3 Å². The number of rotatable bonds is 4. The summed E-state index contributed by atoms with van der Waals surface area (Å²) >= 11 is 6.32. The maximum Gasteiger partial charge on any atom is 0.233 e. The summed E-state index contributed by atoms with van der Waals surface area (Å²) in [7, 11) is 0. The Balaban J connectivity index is 0.00000200. The van der Waals surface area contributed by atoms with Gasteiger partial charge in [-0.3, -0.25) is 4.79 Å². The molecule has 0 bridgehead atoms. The Hall–Kier alpha value is -0.810. The van der Waals surface area contributed by atoms with Crippen LogP contribution in [0.25, 0.3) is 0 Å². The first-order chi connectivity index (χ1) is 9.18. The second-order valence-electron chi connectivity index (χ2n) is 4.85. The number of ether oxygens (including phenoxy) is 1. The van der Waals surface area contributed by atoms with E-state index >= 15 is 0 Å². The SMILES string of the molecule is Cl.NCC(=O)NCC1(c2ccccc2Cl)CCOCC1. The lowest BCUT2D eigenvalue weighted by atomic mass is 9.74. The molecule has 4 nitrogen and oxygen atoms in total. The number of amides is 1. The van der Waals surface area contributed by atoms with Crippen LogP contribution >= 0.6 is 24.0 Å². The standard InChI is InChI=1S/C14H19ClN2O2.ClH/c15-12-4-2-1-3-11(12)14(5-7-19-8-6-14)10-17-13(18)9-16;/h1-4H,5-10,16H2,(H,17,18);1H. The van der Waals surface area contributed by atoms with Gasteiger partial charge >= 0.3 is 0 Å². The van der Waals surface area contributed by atoms with Crippen LogP contribution in [0.2, 0.25) is 5.02 Å². The maximum atomic E-state index is 11.4. The lowest BCUT2D eigenvalue weighted by Gasteiger charge is -2.38. The van der Waals surface area contributed by atoms with Crippen LogP contribution in [-0.2, 0) is 14.9 Å². The van der Waals surface area contributed by atoms with E-state index in [0.717, 1.165) is 23.4 Å². The van der Waals surface area contributed by atoms with E-state index in [9.17, 15) is 4.79 Å². The van der Waals surface area contributed by atoms with Gasteiger partial charge in [0.15, 0.2) is 0 Å². The number of nitrogens with one attached hydrogen (secondary N) is 1. The summed E-state index contributed by atoms with van der Waals surface area (Å²) in [5.74, 6) is -0.141. The molecule has 0 radical (unpaired) electrons. The predicted octanol–water partition coefficient (Wildman–Crippen LogP) is 1.88. The number of nitrogens with two attached hydrogens (primary N) is 1. The quantitative estimate of drug-likeness (QED) is 0.891. The second-order valence-corrected chi connectivity index (χ2v) is 5.26. The zero-order valence-electron chi connectivity index (χ0n) is 11.2. The van der Waals surface area contributed by atoms with Crippen LogP contribution in [-0.4, -0.2) is 32.2 Å². The molecule has 0 aliphatic carbocycles. The van der Waals surface area contributed by atoms with Crippen molar-refractivity contribution in [3.05, 3.63) is 34.9 Å². The summed E-state index contributed by atoms with van der Waals surface area (Å²) in [4.78, 5) is 11.4. The molecule has 0 spiro atoms. The fourth-order valence-corrected chi connectivity index (χ4v) is 2.87. The first kappa shape index (κ1) is 17.2. The van der Waals surface area contributed by atoms with Gasteiger partial charge in [0, 0.05) is 30.2 Å².